The Morgan fingerprint density at radius 2 is 1.90 bits per heavy atom. The molecule has 0 bridgehead atoms. The van der Waals surface area contributed by atoms with Gasteiger partial charge in [0.05, 0.1) is 5.56 Å². The molecular formula is C15H25N3OS. The third kappa shape index (κ3) is 4.72. The Morgan fingerprint density at radius 1 is 1.30 bits per heavy atom. The van der Waals surface area contributed by atoms with Gasteiger partial charge < -0.3 is 10.5 Å². The molecule has 0 atom stereocenters. The molecule has 0 saturated carbocycles. The molecular weight excluding hydrogens is 270 g/mol. The fourth-order valence-corrected chi connectivity index (χ4v) is 2.35. The van der Waals surface area contributed by atoms with Crippen LogP contribution in [0.2, 0.25) is 0 Å². The van der Waals surface area contributed by atoms with Gasteiger partial charge in [0.1, 0.15) is 11.6 Å². The molecule has 0 aliphatic heterocycles. The first kappa shape index (κ1) is 16.9. The molecule has 1 aromatic heterocycles. The molecule has 1 aromatic rings. The lowest BCUT2D eigenvalue weighted by atomic mass is 10.2. The molecule has 0 amide bonds. The average molecular weight is 295 g/mol. The molecule has 0 aromatic carbocycles. The third-order valence-electron chi connectivity index (χ3n) is 3.18. The Labute approximate surface area is 127 Å². The van der Waals surface area contributed by atoms with E-state index in [9.17, 15) is 0 Å². The van der Waals surface area contributed by atoms with Crippen LogP contribution in [0.25, 0.3) is 0 Å². The summed E-state index contributed by atoms with van der Waals surface area (Å²) in [5.74, 6) is 0.532. The SMILES string of the molecule is Cc1ccc(C(N)=S)c(OCCN(C(C)C)C(C)C)n1. The lowest BCUT2D eigenvalue weighted by molar-refractivity contribution is 0.140. The van der Waals surface area contributed by atoms with Crippen molar-refractivity contribution in [3.63, 3.8) is 0 Å². The van der Waals surface area contributed by atoms with Gasteiger partial charge in [0.2, 0.25) is 5.88 Å². The number of rotatable bonds is 7. The van der Waals surface area contributed by atoms with Crippen LogP contribution >= 0.6 is 12.2 Å². The Hall–Kier alpha value is -1.20. The van der Waals surface area contributed by atoms with E-state index >= 15 is 0 Å². The van der Waals surface area contributed by atoms with E-state index in [1.54, 1.807) is 0 Å². The fraction of sp³-hybridized carbons (Fsp3) is 0.600. The lowest BCUT2D eigenvalue weighted by Gasteiger charge is -2.30. The highest BCUT2D eigenvalue weighted by atomic mass is 32.1. The van der Waals surface area contributed by atoms with E-state index in [1.165, 1.54) is 0 Å². The van der Waals surface area contributed by atoms with Crippen LogP contribution in [0, 0.1) is 6.92 Å². The second-order valence-electron chi connectivity index (χ2n) is 5.44. The topological polar surface area (TPSA) is 51.4 Å². The normalized spacial score (nSPS) is 11.4. The number of ether oxygens (including phenoxy) is 1. The van der Waals surface area contributed by atoms with Crippen molar-refractivity contribution < 1.29 is 4.74 Å². The number of aromatic nitrogens is 1. The van der Waals surface area contributed by atoms with Gasteiger partial charge >= 0.3 is 0 Å². The molecule has 0 unspecified atom stereocenters. The first-order valence-corrected chi connectivity index (χ1v) is 7.39. The highest BCUT2D eigenvalue weighted by molar-refractivity contribution is 7.80. The fourth-order valence-electron chi connectivity index (χ4n) is 2.19. The van der Waals surface area contributed by atoms with Gasteiger partial charge in [-0.25, -0.2) is 4.98 Å². The van der Waals surface area contributed by atoms with Gasteiger partial charge in [0.15, 0.2) is 0 Å². The van der Waals surface area contributed by atoms with Gasteiger partial charge in [-0.05, 0) is 46.8 Å². The molecule has 20 heavy (non-hydrogen) atoms. The van der Waals surface area contributed by atoms with Crippen molar-refractivity contribution in [3.8, 4) is 5.88 Å². The van der Waals surface area contributed by atoms with E-state index in [2.05, 4.69) is 37.6 Å². The molecule has 0 aliphatic carbocycles. The minimum absolute atomic E-state index is 0.317. The molecule has 1 heterocycles. The van der Waals surface area contributed by atoms with Crippen molar-refractivity contribution in [2.24, 2.45) is 5.73 Å². The van der Waals surface area contributed by atoms with E-state index < -0.39 is 0 Å². The largest absolute Gasteiger partial charge is 0.476 e. The minimum atomic E-state index is 0.317. The summed E-state index contributed by atoms with van der Waals surface area (Å²) in [6, 6.07) is 4.72. The summed E-state index contributed by atoms with van der Waals surface area (Å²) >= 11 is 5.03. The van der Waals surface area contributed by atoms with Crippen molar-refractivity contribution in [2.75, 3.05) is 13.2 Å². The number of nitrogens with zero attached hydrogens (tertiary/aromatic N) is 2. The maximum atomic E-state index is 5.79. The summed E-state index contributed by atoms with van der Waals surface area (Å²) < 4.78 is 5.79. The number of hydrogen-bond donors (Lipinski definition) is 1. The first-order valence-electron chi connectivity index (χ1n) is 6.99. The number of pyridine rings is 1. The molecule has 112 valence electrons. The molecule has 0 radical (unpaired) electrons. The Balaban J connectivity index is 2.70. The van der Waals surface area contributed by atoms with Crippen LogP contribution in [-0.4, -0.2) is 40.1 Å². The standard InChI is InChI=1S/C15H25N3OS/c1-10(2)18(11(3)4)8-9-19-15-13(14(16)20)7-6-12(5)17-15/h6-7,10-11H,8-9H2,1-5H3,(H2,16,20). The van der Waals surface area contributed by atoms with Gasteiger partial charge in [-0.15, -0.1) is 0 Å². The van der Waals surface area contributed by atoms with Crippen LogP contribution in [0.1, 0.15) is 39.0 Å². The lowest BCUT2D eigenvalue weighted by Crippen LogP contribution is -2.39. The van der Waals surface area contributed by atoms with Crippen molar-refractivity contribution in [2.45, 2.75) is 46.7 Å². The van der Waals surface area contributed by atoms with Gasteiger partial charge in [-0.3, -0.25) is 4.90 Å². The van der Waals surface area contributed by atoms with Crippen LogP contribution in [0.4, 0.5) is 0 Å². The van der Waals surface area contributed by atoms with Crippen molar-refractivity contribution >= 4 is 17.2 Å². The summed E-state index contributed by atoms with van der Waals surface area (Å²) in [5.41, 5.74) is 7.29. The van der Waals surface area contributed by atoms with Crippen molar-refractivity contribution in [1.29, 1.82) is 0 Å². The van der Waals surface area contributed by atoms with Crippen LogP contribution in [0.15, 0.2) is 12.1 Å². The molecule has 5 heteroatoms. The Bertz CT molecular complexity index is 452. The second kappa shape index (κ2) is 7.55. The van der Waals surface area contributed by atoms with E-state index in [0.29, 0.717) is 35.1 Å². The van der Waals surface area contributed by atoms with Crippen LogP contribution in [0.3, 0.4) is 0 Å². The molecule has 0 saturated heterocycles. The van der Waals surface area contributed by atoms with Gasteiger partial charge in [0, 0.05) is 24.3 Å². The summed E-state index contributed by atoms with van der Waals surface area (Å²) in [5, 5.41) is 0. The third-order valence-corrected chi connectivity index (χ3v) is 3.40. The van der Waals surface area contributed by atoms with Gasteiger partial charge in [-0.2, -0.15) is 0 Å². The monoisotopic (exact) mass is 295 g/mol. The van der Waals surface area contributed by atoms with E-state index in [0.717, 1.165) is 12.2 Å². The summed E-state index contributed by atoms with van der Waals surface area (Å²) in [7, 11) is 0. The number of aryl methyl sites for hydroxylation is 1. The molecule has 0 spiro atoms. The predicted molar refractivity (Wildman–Crippen MR) is 87.3 cm³/mol. The molecule has 2 N–H and O–H groups in total. The summed E-state index contributed by atoms with van der Waals surface area (Å²) in [6.07, 6.45) is 0. The zero-order chi connectivity index (χ0) is 15.3. The maximum absolute atomic E-state index is 5.79. The Morgan fingerprint density at radius 3 is 2.40 bits per heavy atom. The highest BCUT2D eigenvalue weighted by Gasteiger charge is 2.14. The number of hydrogen-bond acceptors (Lipinski definition) is 4. The van der Waals surface area contributed by atoms with Crippen molar-refractivity contribution in [1.82, 2.24) is 9.88 Å². The van der Waals surface area contributed by atoms with Crippen LogP contribution in [-0.2, 0) is 0 Å². The van der Waals surface area contributed by atoms with E-state index in [4.69, 9.17) is 22.7 Å². The van der Waals surface area contributed by atoms with Crippen LogP contribution in [0.5, 0.6) is 5.88 Å². The average Bonchev–Trinajstić information content (AvgIpc) is 2.33. The minimum Gasteiger partial charge on any atom is -0.476 e. The smallest absolute Gasteiger partial charge is 0.224 e. The molecule has 0 aliphatic rings. The molecule has 0 fully saturated rings. The predicted octanol–water partition coefficient (Wildman–Crippen LogP) is 2.52. The van der Waals surface area contributed by atoms with Gasteiger partial charge in [0.25, 0.3) is 0 Å². The molecule has 4 nitrogen and oxygen atoms in total. The first-order chi connectivity index (χ1) is 9.32. The van der Waals surface area contributed by atoms with Crippen molar-refractivity contribution in [3.05, 3.63) is 23.4 Å². The maximum Gasteiger partial charge on any atom is 0.224 e. The Kier molecular flexibility index (Phi) is 6.36. The van der Waals surface area contributed by atoms with Gasteiger partial charge in [-0.1, -0.05) is 12.2 Å². The number of nitrogens with two attached hydrogens (primary N) is 1. The van der Waals surface area contributed by atoms with E-state index in [1.807, 2.05) is 19.1 Å². The van der Waals surface area contributed by atoms with E-state index in [-0.39, 0.29) is 0 Å². The zero-order valence-corrected chi connectivity index (χ0v) is 13.8. The summed E-state index contributed by atoms with van der Waals surface area (Å²) in [4.78, 5) is 7.06. The highest BCUT2D eigenvalue weighted by Crippen LogP contribution is 2.16. The second-order valence-corrected chi connectivity index (χ2v) is 5.88. The molecule has 1 rings (SSSR count). The summed E-state index contributed by atoms with van der Waals surface area (Å²) in [6.45, 7) is 12.1. The zero-order valence-electron chi connectivity index (χ0n) is 13.0. The number of thiocarbonyl (C=S) groups is 1. The quantitative estimate of drug-likeness (QED) is 0.783. The van der Waals surface area contributed by atoms with Crippen LogP contribution < -0.4 is 10.5 Å².